The quantitative estimate of drug-likeness (QED) is 0.671. The summed E-state index contributed by atoms with van der Waals surface area (Å²) in [5.41, 5.74) is 1.94. The zero-order valence-corrected chi connectivity index (χ0v) is 14.1. The van der Waals surface area contributed by atoms with Crippen LogP contribution in [0.15, 0.2) is 40.8 Å². The lowest BCUT2D eigenvalue weighted by Gasteiger charge is -2.14. The Kier molecular flexibility index (Phi) is 5.66. The van der Waals surface area contributed by atoms with Crippen LogP contribution in [0.4, 0.5) is 0 Å². The first-order valence-corrected chi connectivity index (χ1v) is 8.36. The van der Waals surface area contributed by atoms with Crippen molar-refractivity contribution >= 4 is 23.6 Å². The molecule has 1 fully saturated rings. The van der Waals surface area contributed by atoms with Crippen molar-refractivity contribution in [3.63, 3.8) is 0 Å². The third-order valence-electron chi connectivity index (χ3n) is 3.54. The molecule has 0 aromatic heterocycles. The largest absolute Gasteiger partial charge is 0.347 e. The van der Waals surface area contributed by atoms with Crippen molar-refractivity contribution in [3.05, 3.63) is 41.5 Å². The normalized spacial score (nSPS) is 17.5. The highest BCUT2D eigenvalue weighted by molar-refractivity contribution is 7.99. The van der Waals surface area contributed by atoms with E-state index in [2.05, 4.69) is 25.2 Å². The molecular weight excluding hydrogens is 296 g/mol. The van der Waals surface area contributed by atoms with Crippen molar-refractivity contribution in [3.8, 4) is 0 Å². The minimum atomic E-state index is -0.103. The van der Waals surface area contributed by atoms with Crippen molar-refractivity contribution in [1.82, 2.24) is 10.2 Å². The zero-order valence-electron chi connectivity index (χ0n) is 13.3. The molecule has 2 amide bonds. The predicted molar refractivity (Wildman–Crippen MR) is 90.1 cm³/mol. The number of rotatable bonds is 5. The molecular formula is C17H22N2O2S. The molecule has 2 rings (SSSR count). The average Bonchev–Trinajstić information content (AvgIpc) is 2.77. The van der Waals surface area contributed by atoms with E-state index in [4.69, 9.17) is 0 Å². The fourth-order valence-electron chi connectivity index (χ4n) is 2.30. The molecule has 4 nitrogen and oxygen atoms in total. The summed E-state index contributed by atoms with van der Waals surface area (Å²) in [6.07, 6.45) is 2.53. The second-order valence-corrected chi connectivity index (χ2v) is 6.80. The van der Waals surface area contributed by atoms with Crippen molar-refractivity contribution < 1.29 is 9.59 Å². The molecule has 1 aliphatic rings. The molecule has 0 bridgehead atoms. The molecule has 0 spiro atoms. The van der Waals surface area contributed by atoms with E-state index in [0.717, 1.165) is 10.6 Å². The van der Waals surface area contributed by atoms with E-state index in [-0.39, 0.29) is 17.9 Å². The molecule has 0 aliphatic carbocycles. The van der Waals surface area contributed by atoms with Gasteiger partial charge in [-0.15, -0.1) is 11.8 Å². The molecule has 1 saturated heterocycles. The number of benzene rings is 1. The van der Waals surface area contributed by atoms with E-state index in [1.54, 1.807) is 23.7 Å². The second-order valence-electron chi connectivity index (χ2n) is 5.74. The number of amides is 2. The lowest BCUT2D eigenvalue weighted by Crippen LogP contribution is -2.36. The summed E-state index contributed by atoms with van der Waals surface area (Å²) in [6.45, 7) is 4.71. The first-order chi connectivity index (χ1) is 10.5. The van der Waals surface area contributed by atoms with Crippen LogP contribution in [0.5, 0.6) is 0 Å². The molecule has 0 unspecified atom stereocenters. The van der Waals surface area contributed by atoms with Gasteiger partial charge in [-0.25, -0.2) is 0 Å². The van der Waals surface area contributed by atoms with Gasteiger partial charge < -0.3 is 10.2 Å². The van der Waals surface area contributed by atoms with Gasteiger partial charge >= 0.3 is 0 Å². The van der Waals surface area contributed by atoms with Crippen LogP contribution in [0.1, 0.15) is 30.6 Å². The summed E-state index contributed by atoms with van der Waals surface area (Å²) in [5, 5.41) is 2.97. The maximum absolute atomic E-state index is 12.5. The van der Waals surface area contributed by atoms with Crippen LogP contribution in [0.25, 0.3) is 0 Å². The molecule has 22 heavy (non-hydrogen) atoms. The van der Waals surface area contributed by atoms with Gasteiger partial charge in [-0.3, -0.25) is 9.59 Å². The minimum absolute atomic E-state index is 0.0801. The van der Waals surface area contributed by atoms with Gasteiger partial charge in [-0.2, -0.15) is 0 Å². The molecule has 5 heteroatoms. The molecule has 0 saturated carbocycles. The molecule has 118 valence electrons. The topological polar surface area (TPSA) is 49.4 Å². The molecule has 1 aromatic carbocycles. The maximum Gasteiger partial charge on any atom is 0.252 e. The Hall–Kier alpha value is -1.75. The number of carbonyl (C=O) groups excluding carboxylic acids is 2. The Bertz CT molecular complexity index is 594. The number of allylic oxidation sites excluding steroid dienone is 1. The van der Waals surface area contributed by atoms with Crippen LogP contribution in [0.2, 0.25) is 0 Å². The van der Waals surface area contributed by atoms with E-state index >= 15 is 0 Å². The first-order valence-electron chi connectivity index (χ1n) is 7.37. The number of thioether (sulfide) groups is 1. The molecule has 1 atom stereocenters. The fourth-order valence-corrected chi connectivity index (χ4v) is 3.39. The Labute approximate surface area is 136 Å². The van der Waals surface area contributed by atoms with Crippen molar-refractivity contribution in [1.29, 1.82) is 0 Å². The van der Waals surface area contributed by atoms with Gasteiger partial charge in [0, 0.05) is 30.7 Å². The molecule has 1 aromatic rings. The number of nitrogens with zero attached hydrogens (tertiary/aromatic N) is 1. The highest BCUT2D eigenvalue weighted by Crippen LogP contribution is 2.23. The SMILES string of the molecule is CC(C)=CCSc1ccccc1C(=O)N[C@@H]1CC(=O)N(C)C1. The van der Waals surface area contributed by atoms with E-state index < -0.39 is 0 Å². The van der Waals surface area contributed by atoms with Gasteiger partial charge in [0.1, 0.15) is 0 Å². The Morgan fingerprint density at radius 1 is 1.41 bits per heavy atom. The van der Waals surface area contributed by atoms with Crippen LogP contribution in [-0.2, 0) is 4.79 Å². The first kappa shape index (κ1) is 16.6. The standard InChI is InChI=1S/C17H22N2O2S/c1-12(2)8-9-22-15-7-5-4-6-14(15)17(21)18-13-10-16(20)19(3)11-13/h4-8,13H,9-11H2,1-3H3,(H,18,21)/t13-/m1/s1. The number of likely N-dealkylation sites (N-methyl/N-ethyl adjacent to an activating group) is 1. The summed E-state index contributed by atoms with van der Waals surface area (Å²) >= 11 is 1.65. The number of hydrogen-bond acceptors (Lipinski definition) is 3. The average molecular weight is 318 g/mol. The van der Waals surface area contributed by atoms with E-state index in [1.807, 2.05) is 24.3 Å². The summed E-state index contributed by atoms with van der Waals surface area (Å²) in [4.78, 5) is 26.6. The van der Waals surface area contributed by atoms with Crippen LogP contribution in [0.3, 0.4) is 0 Å². The van der Waals surface area contributed by atoms with Crippen molar-refractivity contribution in [2.45, 2.75) is 31.2 Å². The Morgan fingerprint density at radius 2 is 2.14 bits per heavy atom. The monoisotopic (exact) mass is 318 g/mol. The number of nitrogens with one attached hydrogen (secondary N) is 1. The summed E-state index contributed by atoms with van der Waals surface area (Å²) < 4.78 is 0. The third kappa shape index (κ3) is 4.37. The third-order valence-corrected chi connectivity index (χ3v) is 4.54. The molecule has 1 heterocycles. The minimum Gasteiger partial charge on any atom is -0.347 e. The smallest absolute Gasteiger partial charge is 0.252 e. The lowest BCUT2D eigenvalue weighted by molar-refractivity contribution is -0.126. The molecule has 1 aliphatic heterocycles. The highest BCUT2D eigenvalue weighted by atomic mass is 32.2. The van der Waals surface area contributed by atoms with E-state index in [1.165, 1.54) is 5.57 Å². The number of carbonyl (C=O) groups is 2. The van der Waals surface area contributed by atoms with Crippen molar-refractivity contribution in [2.24, 2.45) is 0 Å². The Balaban J connectivity index is 2.03. The number of hydrogen-bond donors (Lipinski definition) is 1. The van der Waals surface area contributed by atoms with Crippen molar-refractivity contribution in [2.75, 3.05) is 19.3 Å². The lowest BCUT2D eigenvalue weighted by atomic mass is 10.2. The van der Waals surface area contributed by atoms with Gasteiger partial charge in [0.15, 0.2) is 0 Å². The van der Waals surface area contributed by atoms with Crippen LogP contribution in [-0.4, -0.2) is 42.1 Å². The van der Waals surface area contributed by atoms with Crippen LogP contribution >= 0.6 is 11.8 Å². The van der Waals surface area contributed by atoms with Gasteiger partial charge in [0.05, 0.1) is 11.6 Å². The summed E-state index contributed by atoms with van der Waals surface area (Å²) in [6, 6.07) is 7.51. The van der Waals surface area contributed by atoms with Crippen LogP contribution in [0, 0.1) is 0 Å². The zero-order chi connectivity index (χ0) is 16.1. The summed E-state index contributed by atoms with van der Waals surface area (Å²) in [7, 11) is 1.76. The van der Waals surface area contributed by atoms with Gasteiger partial charge in [0.25, 0.3) is 5.91 Å². The van der Waals surface area contributed by atoms with Crippen LogP contribution < -0.4 is 5.32 Å². The molecule has 0 radical (unpaired) electrons. The Morgan fingerprint density at radius 3 is 2.77 bits per heavy atom. The second kappa shape index (κ2) is 7.49. The van der Waals surface area contributed by atoms with E-state index in [9.17, 15) is 9.59 Å². The maximum atomic E-state index is 12.5. The highest BCUT2D eigenvalue weighted by Gasteiger charge is 2.28. The van der Waals surface area contributed by atoms with Gasteiger partial charge in [0.2, 0.25) is 5.91 Å². The van der Waals surface area contributed by atoms with Gasteiger partial charge in [-0.1, -0.05) is 23.8 Å². The summed E-state index contributed by atoms with van der Waals surface area (Å²) in [5.74, 6) is 0.821. The predicted octanol–water partition coefficient (Wildman–Crippen LogP) is 2.71. The van der Waals surface area contributed by atoms with E-state index in [0.29, 0.717) is 18.5 Å². The number of likely N-dealkylation sites (tertiary alicyclic amines) is 1. The fraction of sp³-hybridized carbons (Fsp3) is 0.412. The molecule has 1 N–H and O–H groups in total. The van der Waals surface area contributed by atoms with Gasteiger partial charge in [-0.05, 0) is 26.0 Å².